The molecule has 0 aliphatic heterocycles. The fourth-order valence-corrected chi connectivity index (χ4v) is 2.63. The second-order valence-corrected chi connectivity index (χ2v) is 5.34. The first-order valence-corrected chi connectivity index (χ1v) is 6.42. The molecule has 1 amide bonds. The molecule has 1 aromatic rings. The van der Waals surface area contributed by atoms with Gasteiger partial charge in [-0.25, -0.2) is 0 Å². The van der Waals surface area contributed by atoms with Crippen molar-refractivity contribution in [1.82, 2.24) is 5.32 Å². The molecule has 0 bridgehead atoms. The third-order valence-electron chi connectivity index (χ3n) is 3.60. The molecule has 2 atom stereocenters. The third kappa shape index (κ3) is 2.48. The van der Waals surface area contributed by atoms with E-state index in [9.17, 15) is 4.79 Å². The SMILES string of the molecule is CC(C)C(NC1CCc2cc(N)ccc21)C(N)=O. The molecule has 0 spiro atoms. The lowest BCUT2D eigenvalue weighted by molar-refractivity contribution is -0.121. The summed E-state index contributed by atoms with van der Waals surface area (Å²) in [5.41, 5.74) is 14.5. The summed E-state index contributed by atoms with van der Waals surface area (Å²) in [6.07, 6.45) is 2.00. The van der Waals surface area contributed by atoms with Crippen molar-refractivity contribution in [2.75, 3.05) is 5.73 Å². The van der Waals surface area contributed by atoms with E-state index in [1.54, 1.807) is 0 Å². The van der Waals surface area contributed by atoms with Gasteiger partial charge in [0.1, 0.15) is 0 Å². The molecule has 0 radical (unpaired) electrons. The van der Waals surface area contributed by atoms with Crippen LogP contribution in [-0.4, -0.2) is 11.9 Å². The van der Waals surface area contributed by atoms with Gasteiger partial charge in [-0.3, -0.25) is 10.1 Å². The number of amides is 1. The number of carbonyl (C=O) groups is 1. The number of rotatable bonds is 4. The first-order chi connectivity index (χ1) is 8.49. The second kappa shape index (κ2) is 4.98. The van der Waals surface area contributed by atoms with Crippen LogP contribution in [0.25, 0.3) is 0 Å². The minimum atomic E-state index is -0.283. The van der Waals surface area contributed by atoms with Crippen molar-refractivity contribution in [3.8, 4) is 0 Å². The Kier molecular flexibility index (Phi) is 3.57. The number of hydrogen-bond donors (Lipinski definition) is 3. The van der Waals surface area contributed by atoms with Gasteiger partial charge in [0.15, 0.2) is 0 Å². The van der Waals surface area contributed by atoms with Gasteiger partial charge in [-0.1, -0.05) is 19.9 Å². The molecule has 0 fully saturated rings. The van der Waals surface area contributed by atoms with Gasteiger partial charge in [-0.15, -0.1) is 0 Å². The van der Waals surface area contributed by atoms with Crippen molar-refractivity contribution in [3.63, 3.8) is 0 Å². The molecule has 0 saturated carbocycles. The summed E-state index contributed by atoms with van der Waals surface area (Å²) in [5.74, 6) is -0.0887. The largest absolute Gasteiger partial charge is 0.399 e. The number of hydrogen-bond acceptors (Lipinski definition) is 3. The lowest BCUT2D eigenvalue weighted by Crippen LogP contribution is -2.46. The van der Waals surface area contributed by atoms with Crippen LogP contribution in [0.5, 0.6) is 0 Å². The molecule has 4 heteroatoms. The molecule has 0 heterocycles. The summed E-state index contributed by atoms with van der Waals surface area (Å²) in [5, 5.41) is 3.38. The Morgan fingerprint density at radius 1 is 1.44 bits per heavy atom. The highest BCUT2D eigenvalue weighted by atomic mass is 16.1. The number of anilines is 1. The first kappa shape index (κ1) is 12.9. The summed E-state index contributed by atoms with van der Waals surface area (Å²) >= 11 is 0. The zero-order valence-corrected chi connectivity index (χ0v) is 10.9. The van der Waals surface area contributed by atoms with E-state index in [1.165, 1.54) is 11.1 Å². The Bertz CT molecular complexity index is 456. The highest BCUT2D eigenvalue weighted by Gasteiger charge is 2.28. The number of nitrogens with one attached hydrogen (secondary N) is 1. The molecule has 98 valence electrons. The average Bonchev–Trinajstić information content (AvgIpc) is 2.67. The van der Waals surface area contributed by atoms with Crippen LogP contribution in [0, 0.1) is 5.92 Å². The van der Waals surface area contributed by atoms with Gasteiger partial charge in [0.2, 0.25) is 5.91 Å². The van der Waals surface area contributed by atoms with Crippen molar-refractivity contribution in [3.05, 3.63) is 29.3 Å². The smallest absolute Gasteiger partial charge is 0.234 e. The number of fused-ring (bicyclic) bond motifs is 1. The van der Waals surface area contributed by atoms with Crippen LogP contribution >= 0.6 is 0 Å². The van der Waals surface area contributed by atoms with Crippen molar-refractivity contribution >= 4 is 11.6 Å². The Morgan fingerprint density at radius 2 is 2.17 bits per heavy atom. The van der Waals surface area contributed by atoms with Gasteiger partial charge in [-0.2, -0.15) is 0 Å². The highest BCUT2D eigenvalue weighted by Crippen LogP contribution is 2.33. The topological polar surface area (TPSA) is 81.1 Å². The van der Waals surface area contributed by atoms with Crippen LogP contribution in [0.15, 0.2) is 18.2 Å². The molecule has 0 aromatic heterocycles. The summed E-state index contributed by atoms with van der Waals surface area (Å²) in [6, 6.07) is 5.91. The number of aryl methyl sites for hydroxylation is 1. The van der Waals surface area contributed by atoms with Gasteiger partial charge >= 0.3 is 0 Å². The highest BCUT2D eigenvalue weighted by molar-refractivity contribution is 5.80. The molecule has 1 aromatic carbocycles. The van der Waals surface area contributed by atoms with E-state index in [-0.39, 0.29) is 23.9 Å². The summed E-state index contributed by atoms with van der Waals surface area (Å²) < 4.78 is 0. The van der Waals surface area contributed by atoms with Crippen LogP contribution < -0.4 is 16.8 Å². The Labute approximate surface area is 108 Å². The van der Waals surface area contributed by atoms with Crippen molar-refractivity contribution in [1.29, 1.82) is 0 Å². The average molecular weight is 247 g/mol. The summed E-state index contributed by atoms with van der Waals surface area (Å²) in [4.78, 5) is 11.4. The predicted molar refractivity (Wildman–Crippen MR) is 72.9 cm³/mol. The van der Waals surface area contributed by atoms with E-state index in [2.05, 4.69) is 5.32 Å². The van der Waals surface area contributed by atoms with E-state index < -0.39 is 0 Å². The zero-order valence-electron chi connectivity index (χ0n) is 10.9. The molecule has 1 aliphatic rings. The van der Waals surface area contributed by atoms with E-state index in [0.717, 1.165) is 18.5 Å². The quantitative estimate of drug-likeness (QED) is 0.703. The fraction of sp³-hybridized carbons (Fsp3) is 0.500. The Hall–Kier alpha value is -1.55. The van der Waals surface area contributed by atoms with Gasteiger partial charge in [-0.05, 0) is 42.0 Å². The molecular weight excluding hydrogens is 226 g/mol. The summed E-state index contributed by atoms with van der Waals surface area (Å²) in [7, 11) is 0. The van der Waals surface area contributed by atoms with Crippen molar-refractivity contribution in [2.45, 2.75) is 38.8 Å². The van der Waals surface area contributed by atoms with Crippen LogP contribution in [0.4, 0.5) is 5.69 Å². The molecule has 4 nitrogen and oxygen atoms in total. The second-order valence-electron chi connectivity index (χ2n) is 5.34. The van der Waals surface area contributed by atoms with E-state index in [1.807, 2.05) is 32.0 Å². The maximum absolute atomic E-state index is 11.4. The monoisotopic (exact) mass is 247 g/mol. The van der Waals surface area contributed by atoms with E-state index in [4.69, 9.17) is 11.5 Å². The van der Waals surface area contributed by atoms with E-state index in [0.29, 0.717) is 0 Å². The number of primary amides is 1. The molecule has 2 unspecified atom stereocenters. The van der Waals surface area contributed by atoms with Gasteiger partial charge < -0.3 is 11.5 Å². The van der Waals surface area contributed by atoms with Gasteiger partial charge in [0.25, 0.3) is 0 Å². The number of benzene rings is 1. The molecule has 5 N–H and O–H groups in total. The summed E-state index contributed by atoms with van der Waals surface area (Å²) in [6.45, 7) is 4.00. The maximum Gasteiger partial charge on any atom is 0.234 e. The fourth-order valence-electron chi connectivity index (χ4n) is 2.63. The first-order valence-electron chi connectivity index (χ1n) is 6.42. The van der Waals surface area contributed by atoms with Gasteiger partial charge in [0, 0.05) is 11.7 Å². The lowest BCUT2D eigenvalue weighted by atomic mass is 10.0. The normalized spacial score (nSPS) is 19.8. The third-order valence-corrected chi connectivity index (χ3v) is 3.60. The molecule has 2 rings (SSSR count). The maximum atomic E-state index is 11.4. The molecule has 18 heavy (non-hydrogen) atoms. The van der Waals surface area contributed by atoms with E-state index >= 15 is 0 Å². The van der Waals surface area contributed by atoms with Crippen LogP contribution in [-0.2, 0) is 11.2 Å². The Balaban J connectivity index is 2.16. The Morgan fingerprint density at radius 3 is 2.78 bits per heavy atom. The van der Waals surface area contributed by atoms with Crippen LogP contribution in [0.3, 0.4) is 0 Å². The number of carbonyl (C=O) groups excluding carboxylic acids is 1. The number of nitrogen functional groups attached to an aromatic ring is 1. The molecule has 0 saturated heterocycles. The van der Waals surface area contributed by atoms with Crippen molar-refractivity contribution < 1.29 is 4.79 Å². The van der Waals surface area contributed by atoms with Crippen LogP contribution in [0.1, 0.15) is 37.4 Å². The van der Waals surface area contributed by atoms with Crippen LogP contribution in [0.2, 0.25) is 0 Å². The molecular formula is C14H21N3O. The van der Waals surface area contributed by atoms with Gasteiger partial charge in [0.05, 0.1) is 6.04 Å². The standard InChI is InChI=1S/C14H21N3O/c1-8(2)13(14(16)18)17-12-6-3-9-7-10(15)4-5-11(9)12/h4-5,7-8,12-13,17H,3,6,15H2,1-2H3,(H2,16,18). The number of nitrogens with two attached hydrogens (primary N) is 2. The predicted octanol–water partition coefficient (Wildman–Crippen LogP) is 1.36. The van der Waals surface area contributed by atoms with Crippen molar-refractivity contribution in [2.24, 2.45) is 11.7 Å². The molecule has 1 aliphatic carbocycles. The minimum absolute atomic E-state index is 0.195. The lowest BCUT2D eigenvalue weighted by Gasteiger charge is -2.24. The minimum Gasteiger partial charge on any atom is -0.399 e. The zero-order chi connectivity index (χ0) is 13.3.